The Labute approximate surface area is 276 Å². The van der Waals surface area contributed by atoms with Crippen LogP contribution in [0.15, 0.2) is 54.7 Å². The fourth-order valence-electron chi connectivity index (χ4n) is 6.23. The van der Waals surface area contributed by atoms with E-state index >= 15 is 0 Å². The van der Waals surface area contributed by atoms with E-state index in [0.717, 1.165) is 36.9 Å². The van der Waals surface area contributed by atoms with Crippen LogP contribution >= 0.6 is 0 Å². The van der Waals surface area contributed by atoms with E-state index < -0.39 is 12.2 Å². The van der Waals surface area contributed by atoms with Gasteiger partial charge in [0.2, 0.25) is 0 Å². The third-order valence-corrected chi connectivity index (χ3v) is 10.7. The number of nitrogens with zero attached hydrogens (tertiary/aromatic N) is 1. The van der Waals surface area contributed by atoms with Crippen molar-refractivity contribution in [2.24, 2.45) is 10.8 Å². The summed E-state index contributed by atoms with van der Waals surface area (Å²) >= 11 is 0. The first-order valence-electron chi connectivity index (χ1n) is 16.1. The fraction of sp³-hybridized carbons (Fsp3) is 0.564. The van der Waals surface area contributed by atoms with Crippen molar-refractivity contribution in [2.75, 3.05) is 0 Å². The number of pyridine rings is 1. The van der Waals surface area contributed by atoms with Crippen LogP contribution in [0, 0.1) is 16.9 Å². The van der Waals surface area contributed by atoms with Crippen molar-refractivity contribution in [1.82, 2.24) is 4.98 Å². The van der Waals surface area contributed by atoms with Crippen LogP contribution in [-0.4, -0.2) is 27.4 Å². The molecule has 43 heavy (non-hydrogen) atoms. The van der Waals surface area contributed by atoms with Crippen molar-refractivity contribution in [3.8, 4) is 22.4 Å². The molecule has 0 bridgehead atoms. The molecule has 1 aliphatic carbocycles. The zero-order valence-electron chi connectivity index (χ0n) is 28.6. The Balaban J connectivity index is 0.000000318. The first kappa shape index (κ1) is 37.3. The van der Waals surface area contributed by atoms with Crippen LogP contribution in [-0.2, 0) is 30.9 Å². The third-order valence-electron chi connectivity index (χ3n) is 10.7. The molecule has 0 saturated carbocycles. The van der Waals surface area contributed by atoms with Crippen LogP contribution in [0.4, 0.5) is 0 Å². The van der Waals surface area contributed by atoms with Gasteiger partial charge in [0.05, 0.1) is 12.2 Å². The predicted octanol–water partition coefficient (Wildman–Crippen LogP) is 9.90. The first-order chi connectivity index (χ1) is 19.6. The quantitative estimate of drug-likeness (QED) is 0.214. The van der Waals surface area contributed by atoms with Crippen LogP contribution in [0.5, 0.6) is 0 Å². The number of benzene rings is 2. The molecule has 0 fully saturated rings. The molecule has 4 rings (SSSR count). The summed E-state index contributed by atoms with van der Waals surface area (Å²) in [4.78, 5) is 4.70. The predicted molar refractivity (Wildman–Crippen MR) is 179 cm³/mol. The van der Waals surface area contributed by atoms with Crippen LogP contribution in [0.25, 0.3) is 22.4 Å². The first-order valence-corrected chi connectivity index (χ1v) is 16.1. The van der Waals surface area contributed by atoms with Crippen molar-refractivity contribution < 1.29 is 30.3 Å². The maximum absolute atomic E-state index is 10.3. The van der Waals surface area contributed by atoms with Crippen LogP contribution in [0.1, 0.15) is 125 Å². The minimum atomic E-state index is -0.412. The number of hydrogen-bond acceptors (Lipinski definition) is 3. The molecule has 1 aromatic heterocycles. The number of aliphatic hydroxyl groups excluding tert-OH is 2. The van der Waals surface area contributed by atoms with E-state index in [-0.39, 0.29) is 41.8 Å². The van der Waals surface area contributed by atoms with E-state index in [9.17, 15) is 10.2 Å². The van der Waals surface area contributed by atoms with Gasteiger partial charge in [-0.15, -0.1) is 29.3 Å². The zero-order valence-corrected chi connectivity index (χ0v) is 31.0. The summed E-state index contributed by atoms with van der Waals surface area (Å²) in [5, 5.41) is 20.7. The monoisotopic (exact) mass is 763 g/mol. The molecule has 2 N–H and O–H groups in total. The zero-order chi connectivity index (χ0) is 31.5. The molecule has 0 spiro atoms. The standard InChI is InChI=1S/C24H24N.C15H32O2.Ir/c1-23(2,3)16-13-14-25-21(15-16)19-11-8-10-18-17-9-6-7-12-20(17)24(4,5)22(18)19;1-7-14(5,8-2)12(16)11-13(17)15(6,9-3)10-4;/h6-10,12-15H,1-5H3;12-13,16-17H,7-11H2,1-6H3;/q-1;;. The second-order valence-electron chi connectivity index (χ2n) is 14.5. The van der Waals surface area contributed by atoms with Gasteiger partial charge in [0.25, 0.3) is 0 Å². The van der Waals surface area contributed by atoms with E-state index in [1.165, 1.54) is 27.8 Å². The van der Waals surface area contributed by atoms with E-state index in [2.05, 4.69) is 125 Å². The molecule has 2 unspecified atom stereocenters. The Morgan fingerprint density at radius 1 is 0.791 bits per heavy atom. The van der Waals surface area contributed by atoms with Crippen LogP contribution < -0.4 is 0 Å². The fourth-order valence-corrected chi connectivity index (χ4v) is 6.23. The van der Waals surface area contributed by atoms with E-state index in [0.29, 0.717) is 6.42 Å². The molecule has 0 aliphatic heterocycles. The molecule has 1 heterocycles. The second-order valence-corrected chi connectivity index (χ2v) is 14.5. The second kappa shape index (κ2) is 14.5. The summed E-state index contributed by atoms with van der Waals surface area (Å²) < 4.78 is 0. The van der Waals surface area contributed by atoms with Gasteiger partial charge in [0, 0.05) is 32.7 Å². The van der Waals surface area contributed by atoms with Gasteiger partial charge < -0.3 is 15.2 Å². The average molecular weight is 763 g/mol. The maximum Gasteiger partial charge on any atom is 0.0618 e. The van der Waals surface area contributed by atoms with E-state index in [1.807, 2.05) is 12.3 Å². The Morgan fingerprint density at radius 3 is 1.84 bits per heavy atom. The van der Waals surface area contributed by atoms with Crippen molar-refractivity contribution in [2.45, 2.75) is 131 Å². The molecular formula is C39H56IrNO2-. The Morgan fingerprint density at radius 2 is 1.33 bits per heavy atom. The van der Waals surface area contributed by atoms with E-state index in [4.69, 9.17) is 4.98 Å². The van der Waals surface area contributed by atoms with Gasteiger partial charge >= 0.3 is 0 Å². The van der Waals surface area contributed by atoms with Crippen molar-refractivity contribution in [1.29, 1.82) is 0 Å². The molecule has 0 saturated heterocycles. The third kappa shape index (κ3) is 7.70. The van der Waals surface area contributed by atoms with Gasteiger partial charge in [-0.1, -0.05) is 112 Å². The van der Waals surface area contributed by atoms with Gasteiger partial charge in [0.15, 0.2) is 0 Å². The van der Waals surface area contributed by atoms with Gasteiger partial charge in [-0.2, -0.15) is 0 Å². The summed E-state index contributed by atoms with van der Waals surface area (Å²) in [6, 6.07) is 20.8. The summed E-state index contributed by atoms with van der Waals surface area (Å²) in [6.45, 7) is 24.0. The summed E-state index contributed by atoms with van der Waals surface area (Å²) in [6.07, 6.45) is 5.40. The van der Waals surface area contributed by atoms with Gasteiger partial charge in [-0.3, -0.25) is 0 Å². The molecule has 2 atom stereocenters. The molecule has 0 amide bonds. The van der Waals surface area contributed by atoms with Crippen molar-refractivity contribution >= 4 is 0 Å². The number of aromatic nitrogens is 1. The Bertz CT molecular complexity index is 1310. The van der Waals surface area contributed by atoms with Crippen molar-refractivity contribution in [3.05, 3.63) is 77.5 Å². The van der Waals surface area contributed by atoms with Gasteiger partial charge in [-0.25, -0.2) is 0 Å². The van der Waals surface area contributed by atoms with Crippen molar-refractivity contribution in [3.63, 3.8) is 0 Å². The molecule has 2 aromatic carbocycles. The molecule has 239 valence electrons. The van der Waals surface area contributed by atoms with Gasteiger partial charge in [0.1, 0.15) is 0 Å². The minimum Gasteiger partial charge on any atom is -0.392 e. The van der Waals surface area contributed by atoms with Gasteiger partial charge in [-0.05, 0) is 75.8 Å². The SMILES string of the molecule is CC(C)(C)c1ccnc(-c2[c-]ccc3c2C(C)(C)c2ccccc2-3)c1.CCC(C)(CC)C(O)CC(O)C(C)(CC)CC.[Ir]. The minimum absolute atomic E-state index is 0. The number of fused-ring (bicyclic) bond motifs is 3. The molecule has 1 radical (unpaired) electrons. The number of hydrogen-bond donors (Lipinski definition) is 2. The summed E-state index contributed by atoms with van der Waals surface area (Å²) in [5.74, 6) is 0. The summed E-state index contributed by atoms with van der Waals surface area (Å²) in [7, 11) is 0. The molecule has 3 aromatic rings. The normalized spacial score (nSPS) is 15.4. The maximum atomic E-state index is 10.3. The molecular weight excluding hydrogens is 707 g/mol. The Kier molecular flexibility index (Phi) is 12.6. The number of rotatable bonds is 9. The van der Waals surface area contributed by atoms with E-state index in [1.54, 1.807) is 0 Å². The Hall–Kier alpha value is -1.84. The summed E-state index contributed by atoms with van der Waals surface area (Å²) in [5.41, 5.74) is 8.76. The average Bonchev–Trinajstić information content (AvgIpc) is 3.22. The smallest absolute Gasteiger partial charge is 0.0618 e. The topological polar surface area (TPSA) is 53.4 Å². The number of aliphatic hydroxyl groups is 2. The molecule has 4 heteroatoms. The molecule has 1 aliphatic rings. The largest absolute Gasteiger partial charge is 0.392 e. The molecule has 3 nitrogen and oxygen atoms in total. The van der Waals surface area contributed by atoms with Crippen LogP contribution in [0.3, 0.4) is 0 Å². The van der Waals surface area contributed by atoms with Crippen LogP contribution in [0.2, 0.25) is 0 Å².